The molecule has 0 aliphatic rings. The number of hydrogen-bond acceptors (Lipinski definition) is 5. The highest BCUT2D eigenvalue weighted by molar-refractivity contribution is 5.95. The van der Waals surface area contributed by atoms with E-state index < -0.39 is 24.4 Å². The van der Waals surface area contributed by atoms with Crippen molar-refractivity contribution in [2.75, 3.05) is 6.61 Å². The molecular weight excluding hydrogens is 398 g/mol. The van der Waals surface area contributed by atoms with E-state index in [0.29, 0.717) is 12.1 Å². The molecule has 0 atom stereocenters. The van der Waals surface area contributed by atoms with Gasteiger partial charge in [-0.05, 0) is 55.8 Å². The first-order chi connectivity index (χ1) is 14.9. The number of nitrogens with zero attached hydrogens (tertiary/aromatic N) is 1. The van der Waals surface area contributed by atoms with Gasteiger partial charge < -0.3 is 13.7 Å². The van der Waals surface area contributed by atoms with Crippen LogP contribution in [0.2, 0.25) is 0 Å². The highest BCUT2D eigenvalue weighted by Gasteiger charge is 2.11. The van der Waals surface area contributed by atoms with E-state index in [4.69, 9.17) is 9.15 Å². The number of aromatic nitrogens is 1. The SMILES string of the molecule is Cc1cc(/C=C/C(=O)OCC(=O)NNC(=O)c2ccccc2)c(C)n1Cc1ccco1. The molecule has 0 saturated carbocycles. The van der Waals surface area contributed by atoms with Crippen LogP contribution >= 0.6 is 0 Å². The number of hydrazine groups is 1. The molecule has 8 heteroatoms. The first kappa shape index (κ1) is 21.6. The molecular formula is C23H23N3O5. The van der Waals surface area contributed by atoms with Gasteiger partial charge in [0.25, 0.3) is 11.8 Å². The molecule has 0 unspecified atom stereocenters. The number of hydrogen-bond donors (Lipinski definition) is 2. The standard InChI is InChI=1S/C23H23N3O5/c1-16-13-19(17(2)26(16)14-20-9-6-12-30-20)10-11-22(28)31-15-21(27)24-25-23(29)18-7-4-3-5-8-18/h3-13H,14-15H2,1-2H3,(H,24,27)(H,25,29)/b11-10+. The predicted octanol–water partition coefficient (Wildman–Crippen LogP) is 2.76. The summed E-state index contributed by atoms with van der Waals surface area (Å²) < 4.78 is 12.4. The molecule has 1 aromatic carbocycles. The van der Waals surface area contributed by atoms with Gasteiger partial charge in [0.05, 0.1) is 12.8 Å². The number of furan rings is 1. The van der Waals surface area contributed by atoms with Crippen molar-refractivity contribution in [3.8, 4) is 0 Å². The summed E-state index contributed by atoms with van der Waals surface area (Å²) in [5, 5.41) is 0. The molecule has 8 nitrogen and oxygen atoms in total. The molecule has 160 valence electrons. The molecule has 2 aromatic heterocycles. The Morgan fingerprint density at radius 1 is 1.06 bits per heavy atom. The van der Waals surface area contributed by atoms with Crippen molar-refractivity contribution in [2.24, 2.45) is 0 Å². The highest BCUT2D eigenvalue weighted by Crippen LogP contribution is 2.18. The first-order valence-electron chi connectivity index (χ1n) is 9.62. The third-order valence-electron chi connectivity index (χ3n) is 4.60. The molecule has 2 heterocycles. The Morgan fingerprint density at radius 3 is 2.55 bits per heavy atom. The van der Waals surface area contributed by atoms with E-state index in [0.717, 1.165) is 22.7 Å². The molecule has 0 bridgehead atoms. The van der Waals surface area contributed by atoms with Gasteiger partial charge >= 0.3 is 5.97 Å². The van der Waals surface area contributed by atoms with Gasteiger partial charge in [-0.2, -0.15) is 0 Å². The van der Waals surface area contributed by atoms with E-state index >= 15 is 0 Å². The van der Waals surface area contributed by atoms with Crippen molar-refractivity contribution in [2.45, 2.75) is 20.4 Å². The second-order valence-corrected chi connectivity index (χ2v) is 6.80. The molecule has 31 heavy (non-hydrogen) atoms. The van der Waals surface area contributed by atoms with Crippen LogP contribution in [0.4, 0.5) is 0 Å². The van der Waals surface area contributed by atoms with Crippen LogP contribution in [0.25, 0.3) is 6.08 Å². The summed E-state index contributed by atoms with van der Waals surface area (Å²) in [6.45, 7) is 4.00. The van der Waals surface area contributed by atoms with Crippen LogP contribution in [0.1, 0.15) is 33.1 Å². The van der Waals surface area contributed by atoms with Gasteiger partial charge in [-0.3, -0.25) is 20.4 Å². The lowest BCUT2D eigenvalue weighted by Gasteiger charge is -2.07. The van der Waals surface area contributed by atoms with E-state index in [-0.39, 0.29) is 0 Å². The largest absolute Gasteiger partial charge is 0.467 e. The van der Waals surface area contributed by atoms with Gasteiger partial charge in [0.15, 0.2) is 6.61 Å². The third kappa shape index (κ3) is 5.96. The van der Waals surface area contributed by atoms with Crippen LogP contribution in [0.3, 0.4) is 0 Å². The zero-order chi connectivity index (χ0) is 22.2. The van der Waals surface area contributed by atoms with Crippen molar-refractivity contribution < 1.29 is 23.5 Å². The number of ether oxygens (including phenoxy) is 1. The van der Waals surface area contributed by atoms with Gasteiger partial charge in [0.1, 0.15) is 5.76 Å². The zero-order valence-electron chi connectivity index (χ0n) is 17.3. The summed E-state index contributed by atoms with van der Waals surface area (Å²) in [7, 11) is 0. The monoisotopic (exact) mass is 421 g/mol. The summed E-state index contributed by atoms with van der Waals surface area (Å²) >= 11 is 0. The maximum absolute atomic E-state index is 11.9. The number of nitrogens with one attached hydrogen (secondary N) is 2. The van der Waals surface area contributed by atoms with Crippen LogP contribution < -0.4 is 10.9 Å². The van der Waals surface area contributed by atoms with E-state index in [1.807, 2.05) is 32.0 Å². The third-order valence-corrected chi connectivity index (χ3v) is 4.60. The van der Waals surface area contributed by atoms with Gasteiger partial charge in [-0.1, -0.05) is 18.2 Å². The summed E-state index contributed by atoms with van der Waals surface area (Å²) in [4.78, 5) is 35.6. The normalized spacial score (nSPS) is 10.8. The molecule has 2 amide bonds. The summed E-state index contributed by atoms with van der Waals surface area (Å²) in [5.74, 6) is -0.949. The number of esters is 1. The van der Waals surface area contributed by atoms with Crippen LogP contribution in [-0.4, -0.2) is 29.0 Å². The average molecular weight is 421 g/mol. The minimum atomic E-state index is -0.666. The fraction of sp³-hybridized carbons (Fsp3) is 0.174. The Kier molecular flexibility index (Phi) is 7.05. The zero-order valence-corrected chi connectivity index (χ0v) is 17.3. The number of rotatable bonds is 7. The minimum Gasteiger partial charge on any atom is -0.467 e. The predicted molar refractivity (Wildman–Crippen MR) is 114 cm³/mol. The number of aryl methyl sites for hydroxylation is 1. The van der Waals surface area contributed by atoms with Crippen molar-refractivity contribution >= 4 is 23.9 Å². The van der Waals surface area contributed by atoms with Gasteiger partial charge in [0, 0.05) is 23.0 Å². The Hall–Kier alpha value is -4.07. The summed E-state index contributed by atoms with van der Waals surface area (Å²) in [6.07, 6.45) is 4.52. The Labute approximate surface area is 179 Å². The van der Waals surface area contributed by atoms with Gasteiger partial charge in [-0.15, -0.1) is 0 Å². The van der Waals surface area contributed by atoms with E-state index in [2.05, 4.69) is 15.4 Å². The summed E-state index contributed by atoms with van der Waals surface area (Å²) in [6, 6.07) is 14.1. The molecule has 0 saturated heterocycles. The van der Waals surface area contributed by atoms with E-state index in [9.17, 15) is 14.4 Å². The number of amides is 2. The van der Waals surface area contributed by atoms with Crippen molar-refractivity contribution in [3.05, 3.63) is 89.1 Å². The molecule has 3 rings (SSSR count). The lowest BCUT2D eigenvalue weighted by Crippen LogP contribution is -2.43. The van der Waals surface area contributed by atoms with Crippen LogP contribution in [0.5, 0.6) is 0 Å². The highest BCUT2D eigenvalue weighted by atomic mass is 16.5. The average Bonchev–Trinajstić information content (AvgIpc) is 3.39. The molecule has 2 N–H and O–H groups in total. The Balaban J connectivity index is 1.47. The second kappa shape index (κ2) is 10.1. The molecule has 0 spiro atoms. The number of carbonyl (C=O) groups excluding carboxylic acids is 3. The molecule has 0 fully saturated rings. The molecule has 3 aromatic rings. The van der Waals surface area contributed by atoms with Crippen molar-refractivity contribution in [1.29, 1.82) is 0 Å². The van der Waals surface area contributed by atoms with Crippen LogP contribution in [0, 0.1) is 13.8 Å². The maximum Gasteiger partial charge on any atom is 0.331 e. The molecule has 0 radical (unpaired) electrons. The Morgan fingerprint density at radius 2 is 1.84 bits per heavy atom. The van der Waals surface area contributed by atoms with Crippen LogP contribution in [0.15, 0.2) is 65.3 Å². The lowest BCUT2D eigenvalue weighted by atomic mass is 10.2. The van der Waals surface area contributed by atoms with Crippen molar-refractivity contribution in [1.82, 2.24) is 15.4 Å². The molecule has 0 aliphatic heterocycles. The molecule has 0 aliphatic carbocycles. The first-order valence-corrected chi connectivity index (χ1v) is 9.62. The van der Waals surface area contributed by atoms with Gasteiger partial charge in [-0.25, -0.2) is 4.79 Å². The van der Waals surface area contributed by atoms with Gasteiger partial charge in [0.2, 0.25) is 0 Å². The summed E-state index contributed by atoms with van der Waals surface area (Å²) in [5.41, 5.74) is 7.71. The lowest BCUT2D eigenvalue weighted by molar-refractivity contribution is -0.144. The second-order valence-electron chi connectivity index (χ2n) is 6.80. The fourth-order valence-electron chi connectivity index (χ4n) is 2.97. The minimum absolute atomic E-state index is 0.396. The van der Waals surface area contributed by atoms with E-state index in [1.165, 1.54) is 6.08 Å². The smallest absolute Gasteiger partial charge is 0.331 e. The number of carbonyl (C=O) groups is 3. The van der Waals surface area contributed by atoms with Crippen molar-refractivity contribution in [3.63, 3.8) is 0 Å². The van der Waals surface area contributed by atoms with Crippen LogP contribution in [-0.2, 0) is 20.9 Å². The Bertz CT molecular complexity index is 1080. The van der Waals surface area contributed by atoms with E-state index in [1.54, 1.807) is 42.7 Å². The number of benzene rings is 1. The quantitative estimate of drug-likeness (QED) is 0.347. The maximum atomic E-state index is 11.9. The topological polar surface area (TPSA) is 103 Å². The fourth-order valence-corrected chi connectivity index (χ4v) is 2.97.